The molecule has 0 saturated carbocycles. The molecule has 1 atom stereocenters. The molecule has 0 aliphatic heterocycles. The summed E-state index contributed by atoms with van der Waals surface area (Å²) in [5, 5.41) is 9.52. The van der Waals surface area contributed by atoms with Crippen LogP contribution in [0.1, 0.15) is 87.1 Å². The Balaban J connectivity index is 2.37. The second kappa shape index (κ2) is 12.3. The molecule has 1 unspecified atom stereocenters. The minimum atomic E-state index is -5.83. The number of aryl methyl sites for hydroxylation is 3. The third kappa shape index (κ3) is 6.65. The number of hydrogen-bond donors (Lipinski definition) is 2. The summed E-state index contributed by atoms with van der Waals surface area (Å²) in [5.41, 5.74) is 4.67. The largest absolute Gasteiger partial charge is 0.475 e. The molecule has 0 spiro atoms. The first-order valence-electron chi connectivity index (χ1n) is 13.1. The third-order valence-electron chi connectivity index (χ3n) is 7.64. The molecule has 38 heavy (non-hydrogen) atoms. The summed E-state index contributed by atoms with van der Waals surface area (Å²) in [6, 6.07) is 11.1. The van der Waals surface area contributed by atoms with E-state index < -0.39 is 42.4 Å². The van der Waals surface area contributed by atoms with E-state index in [0.717, 1.165) is 48.8 Å². The second-order valence-corrected chi connectivity index (χ2v) is 10.1. The van der Waals surface area contributed by atoms with Crippen molar-refractivity contribution in [2.75, 3.05) is 0 Å². The Hall–Kier alpha value is -2.26. The van der Waals surface area contributed by atoms with Gasteiger partial charge in [0, 0.05) is 5.41 Å². The quantitative estimate of drug-likeness (QED) is 0.209. The number of benzene rings is 2. The van der Waals surface area contributed by atoms with Crippen molar-refractivity contribution in [2.24, 2.45) is 5.73 Å². The van der Waals surface area contributed by atoms with E-state index in [-0.39, 0.29) is 0 Å². The van der Waals surface area contributed by atoms with Gasteiger partial charge in [-0.15, -0.1) is 0 Å². The van der Waals surface area contributed by atoms with Gasteiger partial charge in [0.25, 0.3) is 5.60 Å². The van der Waals surface area contributed by atoms with Gasteiger partial charge in [0.1, 0.15) is 12.0 Å². The molecule has 0 saturated heterocycles. The Bertz CT molecular complexity index is 1050. The van der Waals surface area contributed by atoms with E-state index in [1.54, 1.807) is 19.1 Å². The maximum Gasteiger partial charge on any atom is 0.426 e. The molecule has 0 aromatic heterocycles. The number of rotatable bonds is 12. The highest BCUT2D eigenvalue weighted by Gasteiger charge is 2.69. The van der Waals surface area contributed by atoms with Crippen molar-refractivity contribution in [3.8, 4) is 5.75 Å². The molecule has 0 amide bonds. The zero-order valence-corrected chi connectivity index (χ0v) is 22.7. The van der Waals surface area contributed by atoms with Gasteiger partial charge in [-0.25, -0.2) is 0 Å². The van der Waals surface area contributed by atoms with Crippen LogP contribution in [0.15, 0.2) is 36.4 Å². The van der Waals surface area contributed by atoms with E-state index in [4.69, 9.17) is 10.5 Å². The number of aliphatic hydroxyl groups is 1. The summed E-state index contributed by atoms with van der Waals surface area (Å²) < 4.78 is 84.5. The van der Waals surface area contributed by atoms with E-state index in [1.807, 2.05) is 45.0 Å². The predicted molar refractivity (Wildman–Crippen MR) is 137 cm³/mol. The first-order valence-corrected chi connectivity index (χ1v) is 13.1. The molecular formula is C29H39F6NO2. The summed E-state index contributed by atoms with van der Waals surface area (Å²) in [4.78, 5) is 0. The number of hydrogen-bond acceptors (Lipinski definition) is 3. The van der Waals surface area contributed by atoms with Gasteiger partial charge in [-0.05, 0) is 86.3 Å². The normalized spacial score (nSPS) is 14.0. The Morgan fingerprint density at radius 2 is 1.37 bits per heavy atom. The number of unbranched alkanes of at least 4 members (excludes halogenated alkanes) is 1. The predicted octanol–water partition coefficient (Wildman–Crippen LogP) is 8.05. The van der Waals surface area contributed by atoms with E-state index in [9.17, 15) is 31.4 Å². The van der Waals surface area contributed by atoms with Gasteiger partial charge in [-0.2, -0.15) is 26.3 Å². The molecule has 2 aromatic carbocycles. The molecule has 0 aliphatic carbocycles. The van der Waals surface area contributed by atoms with Crippen molar-refractivity contribution in [2.45, 2.75) is 109 Å². The lowest BCUT2D eigenvalue weighted by Gasteiger charge is -2.35. The highest BCUT2D eigenvalue weighted by Crippen LogP contribution is 2.46. The summed E-state index contributed by atoms with van der Waals surface area (Å²) in [5.74, 6) is 0.701. The second-order valence-electron chi connectivity index (χ2n) is 10.1. The Labute approximate surface area is 221 Å². The molecule has 3 nitrogen and oxygen atoms in total. The first-order chi connectivity index (χ1) is 17.6. The fourth-order valence-corrected chi connectivity index (χ4v) is 4.97. The van der Waals surface area contributed by atoms with Crippen LogP contribution >= 0.6 is 0 Å². The van der Waals surface area contributed by atoms with Crippen LogP contribution in [0.2, 0.25) is 0 Å². The Morgan fingerprint density at radius 1 is 0.842 bits per heavy atom. The number of nitrogens with two attached hydrogens (primary N) is 1. The van der Waals surface area contributed by atoms with Crippen molar-refractivity contribution in [1.29, 1.82) is 0 Å². The average molecular weight is 548 g/mol. The molecule has 0 bridgehead atoms. The van der Waals surface area contributed by atoms with Crippen LogP contribution in [0, 0.1) is 13.8 Å². The summed E-state index contributed by atoms with van der Waals surface area (Å²) in [7, 11) is 0. The molecular weight excluding hydrogens is 508 g/mol. The lowest BCUT2D eigenvalue weighted by Crippen LogP contribution is -2.57. The topological polar surface area (TPSA) is 55.5 Å². The van der Waals surface area contributed by atoms with Gasteiger partial charge < -0.3 is 9.84 Å². The molecule has 3 N–H and O–H groups in total. The molecule has 2 rings (SSSR count). The minimum Gasteiger partial charge on any atom is -0.475 e. The molecule has 0 aliphatic rings. The summed E-state index contributed by atoms with van der Waals surface area (Å²) >= 11 is 0. The number of ether oxygens (including phenoxy) is 1. The number of halogens is 6. The van der Waals surface area contributed by atoms with Crippen molar-refractivity contribution >= 4 is 0 Å². The molecule has 0 fully saturated rings. The van der Waals surface area contributed by atoms with Gasteiger partial charge >= 0.3 is 12.4 Å². The zero-order valence-electron chi connectivity index (χ0n) is 22.7. The summed E-state index contributed by atoms with van der Waals surface area (Å²) in [6.07, 6.45) is -9.95. The van der Waals surface area contributed by atoms with E-state index in [2.05, 4.69) is 6.92 Å². The first kappa shape index (κ1) is 32.0. The highest BCUT2D eigenvalue weighted by atomic mass is 19.4. The smallest absolute Gasteiger partial charge is 0.426 e. The molecule has 214 valence electrons. The molecule has 0 radical (unpaired) electrons. The van der Waals surface area contributed by atoms with Crippen LogP contribution < -0.4 is 10.5 Å². The van der Waals surface area contributed by atoms with Gasteiger partial charge in [-0.1, -0.05) is 57.5 Å². The lowest BCUT2D eigenvalue weighted by molar-refractivity contribution is -0.369. The monoisotopic (exact) mass is 547 g/mol. The fraction of sp³-hybridized carbons (Fsp3) is 0.586. The van der Waals surface area contributed by atoms with Crippen LogP contribution in [-0.4, -0.2) is 29.3 Å². The zero-order chi connectivity index (χ0) is 28.9. The van der Waals surface area contributed by atoms with Gasteiger partial charge in [-0.3, -0.25) is 5.73 Å². The van der Waals surface area contributed by atoms with Crippen molar-refractivity contribution in [3.63, 3.8) is 0 Å². The van der Waals surface area contributed by atoms with Crippen molar-refractivity contribution < 1.29 is 36.2 Å². The van der Waals surface area contributed by atoms with Crippen LogP contribution in [0.25, 0.3) is 0 Å². The van der Waals surface area contributed by atoms with E-state index in [1.165, 1.54) is 0 Å². The van der Waals surface area contributed by atoms with Gasteiger partial charge in [0.15, 0.2) is 0 Å². The van der Waals surface area contributed by atoms with E-state index in [0.29, 0.717) is 16.9 Å². The Morgan fingerprint density at radius 3 is 1.82 bits per heavy atom. The lowest BCUT2D eigenvalue weighted by atomic mass is 9.69. The molecule has 9 heteroatoms. The molecule has 0 heterocycles. The Kier molecular flexibility index (Phi) is 10.3. The van der Waals surface area contributed by atoms with Crippen LogP contribution in [0.4, 0.5) is 26.3 Å². The van der Waals surface area contributed by atoms with Crippen molar-refractivity contribution in [3.05, 3.63) is 64.2 Å². The fourth-order valence-electron chi connectivity index (χ4n) is 4.97. The van der Waals surface area contributed by atoms with E-state index >= 15 is 0 Å². The van der Waals surface area contributed by atoms with Crippen molar-refractivity contribution in [1.82, 2.24) is 0 Å². The molecule has 2 aromatic rings. The summed E-state index contributed by atoms with van der Waals surface area (Å²) in [6.45, 7) is 9.77. The average Bonchev–Trinajstić information content (AvgIpc) is 2.83. The van der Waals surface area contributed by atoms with Crippen LogP contribution in [-0.2, 0) is 11.8 Å². The maximum absolute atomic E-state index is 13.1. The SMILES string of the molecule is CCCCC(N)Oc1ccc(C(CC)(CC)c2ccc(CCC(O)(C(F)(F)F)C(F)(F)F)c(C)c2)cc1C. The maximum atomic E-state index is 13.1. The highest BCUT2D eigenvalue weighted by molar-refractivity contribution is 5.47. The standard InChI is InChI=1S/C29H39F6NO2/c1-6-9-10-25(36)38-24-14-13-23(18-20(24)5)26(7-2,8-3)22-12-11-21(19(4)17-22)15-16-27(37,28(30,31)32)29(33,34)35/h11-14,17-18,25,37H,6-10,15-16,36H2,1-5H3. The van der Waals surface area contributed by atoms with Gasteiger partial charge in [0.05, 0.1) is 0 Å². The van der Waals surface area contributed by atoms with Crippen LogP contribution in [0.5, 0.6) is 5.75 Å². The van der Waals surface area contributed by atoms with Gasteiger partial charge in [0.2, 0.25) is 0 Å². The minimum absolute atomic E-state index is 0.322. The van der Waals surface area contributed by atoms with Crippen LogP contribution in [0.3, 0.4) is 0 Å². The third-order valence-corrected chi connectivity index (χ3v) is 7.64. The number of alkyl halides is 6.